The van der Waals surface area contributed by atoms with E-state index in [2.05, 4.69) is 148 Å². The van der Waals surface area contributed by atoms with Crippen LogP contribution < -0.4 is 5.32 Å². The number of esters is 1. The van der Waals surface area contributed by atoms with Gasteiger partial charge < -0.3 is 45.1 Å². The highest BCUT2D eigenvalue weighted by molar-refractivity contribution is 5.80. The second-order valence-corrected chi connectivity index (χ2v) is 25.6. The third-order valence-corrected chi connectivity index (χ3v) is 17.0. The number of carbonyl (C=O) groups is 2. The zero-order valence-corrected chi connectivity index (χ0v) is 59.3. The largest absolute Gasteiger partial charge is 0.454 e. The summed E-state index contributed by atoms with van der Waals surface area (Å²) in [6, 6.07) is -1.04. The van der Waals surface area contributed by atoms with Crippen molar-refractivity contribution in [2.45, 2.75) is 359 Å². The van der Waals surface area contributed by atoms with Gasteiger partial charge in [0, 0.05) is 6.42 Å². The van der Waals surface area contributed by atoms with Gasteiger partial charge in [-0.25, -0.2) is 0 Å². The highest BCUT2D eigenvalue weighted by Crippen LogP contribution is 2.26. The van der Waals surface area contributed by atoms with Crippen molar-refractivity contribution in [3.05, 3.63) is 134 Å². The fourth-order valence-corrected chi connectivity index (χ4v) is 11.1. The van der Waals surface area contributed by atoms with E-state index in [4.69, 9.17) is 14.2 Å². The number of allylic oxidation sites excluding steroid dienone is 21. The van der Waals surface area contributed by atoms with Crippen molar-refractivity contribution in [1.29, 1.82) is 0 Å². The van der Waals surface area contributed by atoms with Crippen LogP contribution in [0.5, 0.6) is 0 Å². The molecule has 0 aromatic heterocycles. The van der Waals surface area contributed by atoms with Gasteiger partial charge in [0.1, 0.15) is 24.4 Å². The minimum absolute atomic E-state index is 0.109. The molecule has 0 aromatic rings. The Morgan fingerprint density at radius 3 is 1.18 bits per heavy atom. The lowest BCUT2D eigenvalue weighted by molar-refractivity contribution is -0.305. The first-order valence-electron chi connectivity index (χ1n) is 38.0. The van der Waals surface area contributed by atoms with Crippen LogP contribution in [0, 0.1) is 0 Å². The highest BCUT2D eigenvalue weighted by Gasteiger charge is 2.47. The molecule has 1 aliphatic rings. The summed E-state index contributed by atoms with van der Waals surface area (Å²) in [5, 5.41) is 57.4. The summed E-state index contributed by atoms with van der Waals surface area (Å²) >= 11 is 0. The summed E-state index contributed by atoms with van der Waals surface area (Å²) in [4.78, 5) is 26.8. The SMILES string of the molecule is CC/C=C\C/C=C\C/C=C\C/C=C\C/C=C\C/C=C\CCCCCCCCCC(O)C(=O)NC(COC1OC(CO)C(O)C(O)C1OC(=O)CCCCCCCCCCC/C=C\C/C=C\C/C=C\C/C=C\CCCCC)C(O)/C=C/CCCCCCCCCCCCC. The number of carbonyl (C=O) groups excluding carboxylic acids is 2. The molecule has 1 rings (SSSR count). The van der Waals surface area contributed by atoms with Gasteiger partial charge in [-0.1, -0.05) is 315 Å². The normalized spacial score (nSPS) is 18.6. The van der Waals surface area contributed by atoms with E-state index in [0.29, 0.717) is 12.8 Å². The quantitative estimate of drug-likeness (QED) is 0.0195. The number of ether oxygens (including phenoxy) is 3. The smallest absolute Gasteiger partial charge is 0.306 e. The van der Waals surface area contributed by atoms with Gasteiger partial charge >= 0.3 is 5.97 Å². The molecule has 0 spiro atoms. The molecular weight excluding hydrogens is 1160 g/mol. The fraction of sp³-hybridized carbons (Fsp3) is 0.707. The zero-order chi connectivity index (χ0) is 67.4. The zero-order valence-electron chi connectivity index (χ0n) is 59.3. The van der Waals surface area contributed by atoms with Crippen molar-refractivity contribution in [2.24, 2.45) is 0 Å². The van der Waals surface area contributed by atoms with Crippen LogP contribution in [0.1, 0.15) is 310 Å². The molecule has 0 aliphatic carbocycles. The van der Waals surface area contributed by atoms with Crippen LogP contribution in [-0.2, 0) is 23.8 Å². The first-order valence-corrected chi connectivity index (χ1v) is 38.0. The lowest BCUT2D eigenvalue weighted by atomic mass is 9.99. The summed E-state index contributed by atoms with van der Waals surface area (Å²) in [6.07, 6.45) is 86.2. The van der Waals surface area contributed by atoms with Crippen molar-refractivity contribution < 1.29 is 49.3 Å². The molecule has 0 aromatic carbocycles. The average Bonchev–Trinajstić information content (AvgIpc) is 0.910. The Hall–Kier alpha value is -4.20. The molecule has 1 heterocycles. The molecule has 11 nitrogen and oxygen atoms in total. The van der Waals surface area contributed by atoms with Gasteiger partial charge in [0.25, 0.3) is 0 Å². The fourth-order valence-electron chi connectivity index (χ4n) is 11.1. The monoisotopic (exact) mass is 1300 g/mol. The molecule has 1 amide bonds. The Kier molecular flexibility index (Phi) is 63.3. The summed E-state index contributed by atoms with van der Waals surface area (Å²) < 4.78 is 17.7. The van der Waals surface area contributed by atoms with Crippen molar-refractivity contribution in [3.8, 4) is 0 Å². The standard InChI is InChI=1S/C82H139NO10/c1-4-7-10-13-16-19-22-25-27-29-31-33-35-37-39-40-42-44-46-48-51-54-57-60-63-66-69-75(86)81(90)83-73(74(85)68-65-62-59-56-53-50-24-21-18-15-12-9-6-3)72-91-82-80(79(89)78(88)76(71-84)92-82)93-77(87)70-67-64-61-58-55-52-49-47-45-43-41-38-36-34-32-30-28-26-23-20-17-14-11-8-5-2/h7,10,16-17,19-20,25-28,31-34,37-39,41-42,44,65,68,73-76,78-80,82,84-86,88-89H,4-6,8-9,11-15,18,21-24,29-30,35-36,40,43,45-64,66-67,69-72H2,1-3H3,(H,83,90)/b10-7-,19-16-,20-17-,27-25-,28-26-,33-31-,34-32-,39-37-,41-38-,44-42-,68-65+. The first-order chi connectivity index (χ1) is 45.7. The number of unbranched alkanes of at least 4 members (excludes halogenated alkanes) is 30. The lowest BCUT2D eigenvalue weighted by Gasteiger charge is -2.41. The van der Waals surface area contributed by atoms with Gasteiger partial charge in [-0.05, 0) is 122 Å². The summed E-state index contributed by atoms with van der Waals surface area (Å²) in [5.41, 5.74) is 0. The molecule has 0 saturated carbocycles. The second kappa shape index (κ2) is 67.8. The van der Waals surface area contributed by atoms with E-state index in [-0.39, 0.29) is 19.4 Å². The molecule has 1 saturated heterocycles. The Balaban J connectivity index is 2.58. The van der Waals surface area contributed by atoms with Crippen molar-refractivity contribution in [2.75, 3.05) is 13.2 Å². The molecule has 8 unspecified atom stereocenters. The lowest BCUT2D eigenvalue weighted by Crippen LogP contribution is -2.61. The molecule has 8 atom stereocenters. The van der Waals surface area contributed by atoms with Gasteiger partial charge in [0.05, 0.1) is 25.4 Å². The number of rotatable bonds is 64. The van der Waals surface area contributed by atoms with Gasteiger partial charge in [-0.3, -0.25) is 9.59 Å². The molecule has 1 fully saturated rings. The van der Waals surface area contributed by atoms with E-state index in [0.717, 1.165) is 148 Å². The summed E-state index contributed by atoms with van der Waals surface area (Å²) in [7, 11) is 0. The maximum absolute atomic E-state index is 13.5. The molecule has 1 aliphatic heterocycles. The van der Waals surface area contributed by atoms with E-state index < -0.39 is 67.4 Å². The van der Waals surface area contributed by atoms with E-state index in [1.165, 1.54) is 116 Å². The maximum atomic E-state index is 13.5. The molecule has 6 N–H and O–H groups in total. The number of hydrogen-bond acceptors (Lipinski definition) is 10. The first kappa shape index (κ1) is 86.8. The van der Waals surface area contributed by atoms with Gasteiger partial charge in [0.2, 0.25) is 5.91 Å². The van der Waals surface area contributed by atoms with Gasteiger partial charge in [0.15, 0.2) is 12.4 Å². The molecule has 11 heteroatoms. The minimum atomic E-state index is -1.63. The molecule has 0 radical (unpaired) electrons. The number of hydrogen-bond donors (Lipinski definition) is 6. The molecule has 93 heavy (non-hydrogen) atoms. The van der Waals surface area contributed by atoms with Crippen molar-refractivity contribution >= 4 is 11.9 Å². The van der Waals surface area contributed by atoms with Crippen LogP contribution in [0.25, 0.3) is 0 Å². The Morgan fingerprint density at radius 1 is 0.430 bits per heavy atom. The summed E-state index contributed by atoms with van der Waals surface area (Å²) in [6.45, 7) is 5.67. The van der Waals surface area contributed by atoms with E-state index >= 15 is 0 Å². The minimum Gasteiger partial charge on any atom is -0.454 e. The van der Waals surface area contributed by atoms with Crippen LogP contribution in [0.4, 0.5) is 0 Å². The van der Waals surface area contributed by atoms with Crippen molar-refractivity contribution in [3.63, 3.8) is 0 Å². The van der Waals surface area contributed by atoms with Crippen LogP contribution in [0.3, 0.4) is 0 Å². The molecular formula is C82H139NO10. The maximum Gasteiger partial charge on any atom is 0.306 e. The van der Waals surface area contributed by atoms with Crippen LogP contribution >= 0.6 is 0 Å². The Labute approximate surface area is 569 Å². The number of nitrogens with one attached hydrogen (secondary N) is 1. The topological polar surface area (TPSA) is 175 Å². The number of aliphatic hydroxyl groups is 5. The van der Waals surface area contributed by atoms with Crippen LogP contribution in [-0.4, -0.2) is 99.6 Å². The molecule has 0 bridgehead atoms. The van der Waals surface area contributed by atoms with E-state index in [1.807, 2.05) is 6.08 Å². The number of amides is 1. The van der Waals surface area contributed by atoms with Crippen LogP contribution in [0.15, 0.2) is 134 Å². The van der Waals surface area contributed by atoms with Crippen LogP contribution in [0.2, 0.25) is 0 Å². The van der Waals surface area contributed by atoms with Gasteiger partial charge in [-0.15, -0.1) is 0 Å². The second-order valence-electron chi connectivity index (χ2n) is 25.6. The third kappa shape index (κ3) is 54.6. The van der Waals surface area contributed by atoms with Gasteiger partial charge in [-0.2, -0.15) is 0 Å². The molecule has 532 valence electrons. The summed E-state index contributed by atoms with van der Waals surface area (Å²) in [5.74, 6) is -1.21. The predicted molar refractivity (Wildman–Crippen MR) is 393 cm³/mol. The highest BCUT2D eigenvalue weighted by atomic mass is 16.7. The third-order valence-electron chi connectivity index (χ3n) is 17.0. The Bertz CT molecular complexity index is 2030. The average molecular weight is 1300 g/mol. The predicted octanol–water partition coefficient (Wildman–Crippen LogP) is 20.3. The Morgan fingerprint density at radius 2 is 0.774 bits per heavy atom. The number of aliphatic hydroxyl groups excluding tert-OH is 5. The van der Waals surface area contributed by atoms with Crippen molar-refractivity contribution in [1.82, 2.24) is 5.32 Å². The van der Waals surface area contributed by atoms with E-state index in [9.17, 15) is 35.1 Å². The van der Waals surface area contributed by atoms with E-state index in [1.54, 1.807) is 6.08 Å².